The summed E-state index contributed by atoms with van der Waals surface area (Å²) in [6.45, 7) is 6.56. The molecule has 6 nitrogen and oxygen atoms in total. The molecule has 1 aliphatic heterocycles. The SMILES string of the molecule is C=CCN1C(=S)N(c2ccc(OCC)cc2)C(=O)C1CC(=O)Nc1ccc(Cl)cc1. The molecule has 1 atom stereocenters. The Morgan fingerprint density at radius 1 is 1.23 bits per heavy atom. The van der Waals surface area contributed by atoms with Crippen LogP contribution in [0.5, 0.6) is 5.75 Å². The molecule has 0 radical (unpaired) electrons. The number of nitrogens with one attached hydrogen (secondary N) is 1. The van der Waals surface area contributed by atoms with Crippen molar-refractivity contribution >= 4 is 52.1 Å². The van der Waals surface area contributed by atoms with Crippen molar-refractivity contribution in [2.24, 2.45) is 0 Å². The van der Waals surface area contributed by atoms with Gasteiger partial charge < -0.3 is 15.0 Å². The van der Waals surface area contributed by atoms with Crippen molar-refractivity contribution in [2.45, 2.75) is 19.4 Å². The number of benzene rings is 2. The molecule has 2 aromatic carbocycles. The molecule has 8 heteroatoms. The van der Waals surface area contributed by atoms with Gasteiger partial charge >= 0.3 is 0 Å². The Morgan fingerprint density at radius 3 is 2.50 bits per heavy atom. The zero-order valence-corrected chi connectivity index (χ0v) is 18.1. The maximum Gasteiger partial charge on any atom is 0.256 e. The number of thiocarbonyl (C=S) groups is 1. The molecule has 156 valence electrons. The van der Waals surface area contributed by atoms with Gasteiger partial charge in [-0.3, -0.25) is 14.5 Å². The van der Waals surface area contributed by atoms with E-state index in [1.165, 1.54) is 4.90 Å². The molecule has 1 N–H and O–H groups in total. The summed E-state index contributed by atoms with van der Waals surface area (Å²) < 4.78 is 5.45. The van der Waals surface area contributed by atoms with Crippen LogP contribution >= 0.6 is 23.8 Å². The first kappa shape index (κ1) is 21.8. The topological polar surface area (TPSA) is 61.9 Å². The van der Waals surface area contributed by atoms with E-state index in [1.54, 1.807) is 59.5 Å². The van der Waals surface area contributed by atoms with E-state index >= 15 is 0 Å². The molecular formula is C22H22ClN3O3S. The number of amides is 2. The fraction of sp³-hybridized carbons (Fsp3) is 0.227. The van der Waals surface area contributed by atoms with Crippen molar-refractivity contribution in [3.05, 3.63) is 66.2 Å². The lowest BCUT2D eigenvalue weighted by Crippen LogP contribution is -2.37. The van der Waals surface area contributed by atoms with Crippen LogP contribution < -0.4 is 15.0 Å². The maximum absolute atomic E-state index is 13.2. The summed E-state index contributed by atoms with van der Waals surface area (Å²) in [7, 11) is 0. The van der Waals surface area contributed by atoms with Crippen molar-refractivity contribution in [1.29, 1.82) is 0 Å². The average Bonchev–Trinajstić information content (AvgIpc) is 2.95. The third-order valence-corrected chi connectivity index (χ3v) is 5.23. The van der Waals surface area contributed by atoms with E-state index in [4.69, 9.17) is 28.6 Å². The molecule has 0 aliphatic carbocycles. The van der Waals surface area contributed by atoms with Gasteiger partial charge in [0.2, 0.25) is 5.91 Å². The normalized spacial score (nSPS) is 16.0. The minimum absolute atomic E-state index is 0.0387. The number of anilines is 2. The number of rotatable bonds is 8. The van der Waals surface area contributed by atoms with Crippen LogP contribution in [0.15, 0.2) is 61.2 Å². The molecule has 0 saturated carbocycles. The molecular weight excluding hydrogens is 422 g/mol. The van der Waals surface area contributed by atoms with Gasteiger partial charge in [-0.05, 0) is 67.7 Å². The lowest BCUT2D eigenvalue weighted by Gasteiger charge is -2.22. The van der Waals surface area contributed by atoms with Crippen LogP contribution in [0.3, 0.4) is 0 Å². The van der Waals surface area contributed by atoms with E-state index in [1.807, 2.05) is 6.92 Å². The Labute approximate surface area is 186 Å². The van der Waals surface area contributed by atoms with Crippen LogP contribution in [-0.4, -0.2) is 41.0 Å². The van der Waals surface area contributed by atoms with Gasteiger partial charge in [0.1, 0.15) is 11.8 Å². The van der Waals surface area contributed by atoms with E-state index < -0.39 is 6.04 Å². The third kappa shape index (κ3) is 4.80. The van der Waals surface area contributed by atoms with E-state index in [2.05, 4.69) is 11.9 Å². The first-order valence-electron chi connectivity index (χ1n) is 9.48. The van der Waals surface area contributed by atoms with Gasteiger partial charge in [0, 0.05) is 17.3 Å². The van der Waals surface area contributed by atoms with Gasteiger partial charge in [0.05, 0.1) is 18.7 Å². The highest BCUT2D eigenvalue weighted by molar-refractivity contribution is 7.80. The van der Waals surface area contributed by atoms with Gasteiger partial charge in [-0.2, -0.15) is 0 Å². The van der Waals surface area contributed by atoms with E-state index in [0.29, 0.717) is 40.4 Å². The van der Waals surface area contributed by atoms with Crippen molar-refractivity contribution in [3.8, 4) is 5.75 Å². The molecule has 1 unspecified atom stereocenters. The quantitative estimate of drug-likeness (QED) is 0.488. The Bertz CT molecular complexity index is 947. The molecule has 1 aliphatic rings. The number of hydrogen-bond donors (Lipinski definition) is 1. The smallest absolute Gasteiger partial charge is 0.256 e. The van der Waals surface area contributed by atoms with Gasteiger partial charge in [0.15, 0.2) is 5.11 Å². The number of carbonyl (C=O) groups is 2. The van der Waals surface area contributed by atoms with Crippen LogP contribution in [0.25, 0.3) is 0 Å². The van der Waals surface area contributed by atoms with Gasteiger partial charge in [-0.15, -0.1) is 6.58 Å². The van der Waals surface area contributed by atoms with E-state index in [-0.39, 0.29) is 18.2 Å². The molecule has 3 rings (SSSR count). The van der Waals surface area contributed by atoms with Crippen LogP contribution in [0.4, 0.5) is 11.4 Å². The Kier molecular flexibility index (Phi) is 7.07. The molecule has 1 fully saturated rings. The Balaban J connectivity index is 1.77. The number of halogens is 1. The molecule has 2 amide bonds. The highest BCUT2D eigenvalue weighted by atomic mass is 35.5. The second-order valence-corrected chi connectivity index (χ2v) is 7.40. The highest BCUT2D eigenvalue weighted by Gasteiger charge is 2.43. The second-order valence-electron chi connectivity index (χ2n) is 6.60. The van der Waals surface area contributed by atoms with Crippen LogP contribution in [0.1, 0.15) is 13.3 Å². The molecule has 1 saturated heterocycles. The minimum atomic E-state index is -0.714. The average molecular weight is 444 g/mol. The number of hydrogen-bond acceptors (Lipinski definition) is 4. The summed E-state index contributed by atoms with van der Waals surface area (Å²) in [4.78, 5) is 28.9. The Hall–Kier alpha value is -2.90. The summed E-state index contributed by atoms with van der Waals surface area (Å²) in [5, 5.41) is 3.71. The fourth-order valence-corrected chi connectivity index (χ4v) is 3.72. The lowest BCUT2D eigenvalue weighted by molar-refractivity contribution is -0.124. The number of carbonyl (C=O) groups excluding carboxylic acids is 2. The monoisotopic (exact) mass is 443 g/mol. The maximum atomic E-state index is 13.2. The molecule has 2 aromatic rings. The fourth-order valence-electron chi connectivity index (χ4n) is 3.20. The second kappa shape index (κ2) is 9.73. The summed E-state index contributed by atoms with van der Waals surface area (Å²) in [5.41, 5.74) is 1.24. The van der Waals surface area contributed by atoms with Crippen molar-refractivity contribution in [2.75, 3.05) is 23.4 Å². The zero-order valence-electron chi connectivity index (χ0n) is 16.5. The molecule has 1 heterocycles. The van der Waals surface area contributed by atoms with Gasteiger partial charge in [-0.1, -0.05) is 17.7 Å². The minimum Gasteiger partial charge on any atom is -0.494 e. The van der Waals surface area contributed by atoms with Gasteiger partial charge in [0.25, 0.3) is 5.91 Å². The molecule has 0 aromatic heterocycles. The van der Waals surface area contributed by atoms with Crippen molar-refractivity contribution in [3.63, 3.8) is 0 Å². The number of nitrogens with zero attached hydrogens (tertiary/aromatic N) is 2. The van der Waals surface area contributed by atoms with E-state index in [9.17, 15) is 9.59 Å². The van der Waals surface area contributed by atoms with Gasteiger partial charge in [-0.25, -0.2) is 0 Å². The summed E-state index contributed by atoms with van der Waals surface area (Å²) in [6, 6.07) is 13.2. The third-order valence-electron chi connectivity index (χ3n) is 4.56. The first-order chi connectivity index (χ1) is 14.4. The van der Waals surface area contributed by atoms with Crippen LogP contribution in [-0.2, 0) is 9.59 Å². The largest absolute Gasteiger partial charge is 0.494 e. The molecule has 0 spiro atoms. The van der Waals surface area contributed by atoms with Crippen LogP contribution in [0.2, 0.25) is 5.02 Å². The van der Waals surface area contributed by atoms with E-state index in [0.717, 1.165) is 0 Å². The lowest BCUT2D eigenvalue weighted by atomic mass is 10.1. The van der Waals surface area contributed by atoms with Crippen molar-refractivity contribution in [1.82, 2.24) is 4.90 Å². The highest BCUT2D eigenvalue weighted by Crippen LogP contribution is 2.29. The molecule has 0 bridgehead atoms. The molecule has 30 heavy (non-hydrogen) atoms. The number of ether oxygens (including phenoxy) is 1. The summed E-state index contributed by atoms with van der Waals surface area (Å²) >= 11 is 11.4. The summed E-state index contributed by atoms with van der Waals surface area (Å²) in [5.74, 6) is 0.166. The van der Waals surface area contributed by atoms with Crippen molar-refractivity contribution < 1.29 is 14.3 Å². The summed E-state index contributed by atoms with van der Waals surface area (Å²) in [6.07, 6.45) is 1.62. The first-order valence-corrected chi connectivity index (χ1v) is 10.3. The predicted molar refractivity (Wildman–Crippen MR) is 123 cm³/mol. The van der Waals surface area contributed by atoms with Crippen LogP contribution in [0, 0.1) is 0 Å². The predicted octanol–water partition coefficient (Wildman–Crippen LogP) is 4.26. The zero-order chi connectivity index (χ0) is 21.7. The standard InChI is InChI=1S/C22H22ClN3O3S/c1-3-13-25-19(14-20(27)24-16-7-5-15(23)6-8-16)21(28)26(22(25)30)17-9-11-18(12-10-17)29-4-2/h3,5-12,19H,1,4,13-14H2,2H3,(H,24,27). The Morgan fingerprint density at radius 2 is 1.90 bits per heavy atom.